The Kier molecular flexibility index (Phi) is 4.95. The molecule has 1 unspecified atom stereocenters. The maximum absolute atomic E-state index is 12.0. The van der Waals surface area contributed by atoms with Crippen molar-refractivity contribution in [2.24, 2.45) is 11.1 Å². The Bertz CT molecular complexity index is 261. The highest BCUT2D eigenvalue weighted by Gasteiger charge is 2.32. The molecule has 1 saturated heterocycles. The van der Waals surface area contributed by atoms with E-state index in [0.717, 1.165) is 19.3 Å². The summed E-state index contributed by atoms with van der Waals surface area (Å²) < 4.78 is 5.59. The molecular weight excluding hydrogens is 216 g/mol. The number of hydrogen-bond donors (Lipinski definition) is 2. The minimum Gasteiger partial charge on any atom is -0.364 e. The molecule has 0 spiro atoms. The lowest BCUT2D eigenvalue weighted by atomic mass is 9.85. The van der Waals surface area contributed by atoms with Crippen LogP contribution in [0.15, 0.2) is 0 Å². The molecule has 0 aliphatic carbocycles. The third-order valence-corrected chi connectivity index (χ3v) is 3.43. The van der Waals surface area contributed by atoms with Crippen LogP contribution in [0.2, 0.25) is 0 Å². The van der Waals surface area contributed by atoms with Crippen LogP contribution in [0, 0.1) is 5.41 Å². The molecule has 100 valence electrons. The monoisotopic (exact) mass is 242 g/mol. The van der Waals surface area contributed by atoms with Gasteiger partial charge < -0.3 is 15.8 Å². The summed E-state index contributed by atoms with van der Waals surface area (Å²) in [6, 6.07) is 0.190. The van der Waals surface area contributed by atoms with E-state index in [2.05, 4.69) is 33.0 Å². The highest BCUT2D eigenvalue weighted by atomic mass is 16.5. The average molecular weight is 242 g/mol. The molecule has 1 amide bonds. The molecular formula is C13H26N2O2. The molecule has 3 atom stereocenters. The van der Waals surface area contributed by atoms with Crippen LogP contribution in [0.4, 0.5) is 0 Å². The van der Waals surface area contributed by atoms with Gasteiger partial charge in [0.25, 0.3) is 0 Å². The lowest BCUT2D eigenvalue weighted by molar-refractivity contribution is -0.133. The Labute approximate surface area is 104 Å². The number of carbonyl (C=O) groups is 1. The fourth-order valence-corrected chi connectivity index (χ4v) is 2.27. The third-order valence-electron chi connectivity index (χ3n) is 3.43. The van der Waals surface area contributed by atoms with Crippen molar-refractivity contribution in [2.75, 3.05) is 6.54 Å². The molecule has 0 radical (unpaired) electrons. The number of amides is 1. The standard InChI is InChI=1S/C13H26N2O2/c1-5-11(13(2,3)4)15-12(16)10-7-6-9(8-14)17-10/h9-11H,5-8,14H2,1-4H3,(H,15,16)/t9-,10+,11?/m1/s1. The van der Waals surface area contributed by atoms with Gasteiger partial charge in [-0.15, -0.1) is 0 Å². The third kappa shape index (κ3) is 3.96. The van der Waals surface area contributed by atoms with Gasteiger partial charge in [-0.05, 0) is 24.7 Å². The van der Waals surface area contributed by atoms with Gasteiger partial charge in [-0.3, -0.25) is 4.79 Å². The van der Waals surface area contributed by atoms with E-state index in [1.807, 2.05) is 0 Å². The van der Waals surface area contributed by atoms with Crippen LogP contribution in [0.1, 0.15) is 47.0 Å². The van der Waals surface area contributed by atoms with Crippen LogP contribution < -0.4 is 11.1 Å². The summed E-state index contributed by atoms with van der Waals surface area (Å²) in [5.74, 6) is 0.0164. The first kappa shape index (κ1) is 14.5. The summed E-state index contributed by atoms with van der Waals surface area (Å²) in [4.78, 5) is 12.0. The van der Waals surface area contributed by atoms with Crippen LogP contribution in [0.5, 0.6) is 0 Å². The number of rotatable bonds is 4. The molecule has 1 rings (SSSR count). The minimum atomic E-state index is -0.306. The van der Waals surface area contributed by atoms with Crippen molar-refractivity contribution in [3.05, 3.63) is 0 Å². The summed E-state index contributed by atoms with van der Waals surface area (Å²) >= 11 is 0. The Morgan fingerprint density at radius 3 is 2.53 bits per heavy atom. The van der Waals surface area contributed by atoms with Gasteiger partial charge in [-0.1, -0.05) is 27.7 Å². The SMILES string of the molecule is CCC(NC(=O)[C@@H]1CC[C@H](CN)O1)C(C)(C)C. The summed E-state index contributed by atoms with van der Waals surface area (Å²) in [7, 11) is 0. The second-order valence-corrected chi connectivity index (χ2v) is 5.90. The zero-order valence-electron chi connectivity index (χ0n) is 11.5. The predicted octanol–water partition coefficient (Wildman–Crippen LogP) is 1.43. The maximum atomic E-state index is 12.0. The summed E-state index contributed by atoms with van der Waals surface area (Å²) in [5.41, 5.74) is 5.62. The molecule has 4 heteroatoms. The molecule has 0 bridgehead atoms. The Hall–Kier alpha value is -0.610. The Balaban J connectivity index is 2.49. The van der Waals surface area contributed by atoms with E-state index in [1.54, 1.807) is 0 Å². The summed E-state index contributed by atoms with van der Waals surface area (Å²) in [5, 5.41) is 3.09. The fraction of sp³-hybridized carbons (Fsp3) is 0.923. The molecule has 17 heavy (non-hydrogen) atoms. The zero-order valence-corrected chi connectivity index (χ0v) is 11.5. The van der Waals surface area contributed by atoms with E-state index in [0.29, 0.717) is 6.54 Å². The van der Waals surface area contributed by atoms with Gasteiger partial charge in [-0.25, -0.2) is 0 Å². The second kappa shape index (κ2) is 5.83. The van der Waals surface area contributed by atoms with Crippen molar-refractivity contribution in [1.82, 2.24) is 5.32 Å². The highest BCUT2D eigenvalue weighted by Crippen LogP contribution is 2.23. The number of ether oxygens (including phenoxy) is 1. The van der Waals surface area contributed by atoms with Crippen molar-refractivity contribution in [3.8, 4) is 0 Å². The molecule has 1 fully saturated rings. The van der Waals surface area contributed by atoms with E-state index in [9.17, 15) is 4.79 Å². The average Bonchev–Trinajstić information content (AvgIpc) is 2.72. The Morgan fingerprint density at radius 2 is 2.12 bits per heavy atom. The van der Waals surface area contributed by atoms with E-state index < -0.39 is 0 Å². The zero-order chi connectivity index (χ0) is 13.1. The summed E-state index contributed by atoms with van der Waals surface area (Å²) in [6.45, 7) is 9.01. The molecule has 0 saturated carbocycles. The lowest BCUT2D eigenvalue weighted by Gasteiger charge is -2.31. The van der Waals surface area contributed by atoms with Crippen LogP contribution >= 0.6 is 0 Å². The molecule has 0 aromatic carbocycles. The maximum Gasteiger partial charge on any atom is 0.249 e. The fourth-order valence-electron chi connectivity index (χ4n) is 2.27. The van der Waals surface area contributed by atoms with Crippen molar-refractivity contribution in [3.63, 3.8) is 0 Å². The van der Waals surface area contributed by atoms with Crippen LogP contribution in [0.25, 0.3) is 0 Å². The van der Waals surface area contributed by atoms with E-state index in [-0.39, 0.29) is 29.6 Å². The quantitative estimate of drug-likeness (QED) is 0.784. The van der Waals surface area contributed by atoms with E-state index >= 15 is 0 Å². The molecule has 3 N–H and O–H groups in total. The van der Waals surface area contributed by atoms with E-state index in [4.69, 9.17) is 10.5 Å². The van der Waals surface area contributed by atoms with E-state index in [1.165, 1.54) is 0 Å². The van der Waals surface area contributed by atoms with Gasteiger partial charge in [0.15, 0.2) is 0 Å². The van der Waals surface area contributed by atoms with Gasteiger partial charge in [0.2, 0.25) is 5.91 Å². The number of nitrogens with one attached hydrogen (secondary N) is 1. The molecule has 1 aliphatic heterocycles. The van der Waals surface area contributed by atoms with Gasteiger partial charge in [-0.2, -0.15) is 0 Å². The number of hydrogen-bond acceptors (Lipinski definition) is 3. The lowest BCUT2D eigenvalue weighted by Crippen LogP contribution is -2.47. The molecule has 1 heterocycles. The first-order chi connectivity index (χ1) is 7.88. The first-order valence-corrected chi connectivity index (χ1v) is 6.54. The minimum absolute atomic E-state index is 0.0164. The van der Waals surface area contributed by atoms with Crippen molar-refractivity contribution < 1.29 is 9.53 Å². The first-order valence-electron chi connectivity index (χ1n) is 6.54. The van der Waals surface area contributed by atoms with Crippen molar-refractivity contribution in [1.29, 1.82) is 0 Å². The van der Waals surface area contributed by atoms with Gasteiger partial charge >= 0.3 is 0 Å². The van der Waals surface area contributed by atoms with Crippen molar-refractivity contribution in [2.45, 2.75) is 65.2 Å². The van der Waals surface area contributed by atoms with Crippen LogP contribution in [-0.2, 0) is 9.53 Å². The van der Waals surface area contributed by atoms with Gasteiger partial charge in [0, 0.05) is 12.6 Å². The van der Waals surface area contributed by atoms with Crippen LogP contribution in [0.3, 0.4) is 0 Å². The van der Waals surface area contributed by atoms with Crippen molar-refractivity contribution >= 4 is 5.91 Å². The number of nitrogens with two attached hydrogens (primary N) is 1. The smallest absolute Gasteiger partial charge is 0.249 e. The van der Waals surface area contributed by atoms with Crippen LogP contribution in [-0.4, -0.2) is 30.7 Å². The molecule has 1 aliphatic rings. The Morgan fingerprint density at radius 1 is 1.47 bits per heavy atom. The largest absolute Gasteiger partial charge is 0.364 e. The number of carbonyl (C=O) groups excluding carboxylic acids is 1. The second-order valence-electron chi connectivity index (χ2n) is 5.90. The van der Waals surface area contributed by atoms with Gasteiger partial charge in [0.1, 0.15) is 6.10 Å². The molecule has 0 aromatic rings. The highest BCUT2D eigenvalue weighted by molar-refractivity contribution is 5.81. The summed E-state index contributed by atoms with van der Waals surface area (Å²) in [6.07, 6.45) is 2.36. The molecule has 4 nitrogen and oxygen atoms in total. The molecule has 0 aromatic heterocycles. The normalized spacial score (nSPS) is 26.9. The predicted molar refractivity (Wildman–Crippen MR) is 68.6 cm³/mol. The van der Waals surface area contributed by atoms with Gasteiger partial charge in [0.05, 0.1) is 6.10 Å². The topological polar surface area (TPSA) is 64.4 Å².